The largest absolute Gasteiger partial charge is 0.465 e. The predicted octanol–water partition coefficient (Wildman–Crippen LogP) is 1.63. The number of rotatable bonds is 5. The maximum absolute atomic E-state index is 13.0. The molecule has 0 aromatic carbocycles. The standard InChI is InChI=1S/C18H19N5O4S2/c1-27-18(24)17-14(4-11-28-17)29(25,26)23-9-7-22(8-10-23)16-12-15(19-13-20-16)21-5-2-3-6-21/h2-6,11-13H,7-10H2,1H3. The number of nitrogens with zero attached hydrogens (tertiary/aromatic N) is 5. The number of anilines is 1. The topological polar surface area (TPSA) is 97.6 Å². The van der Waals surface area contributed by atoms with Crippen molar-refractivity contribution in [2.24, 2.45) is 0 Å². The SMILES string of the molecule is COC(=O)c1sccc1S(=O)(=O)N1CCN(c2cc(-n3cccc3)ncn2)CC1. The molecule has 0 saturated carbocycles. The average Bonchev–Trinajstić information content (AvgIpc) is 3.46. The number of piperazine rings is 1. The first kappa shape index (κ1) is 19.6. The van der Waals surface area contributed by atoms with Crippen LogP contribution >= 0.6 is 11.3 Å². The Labute approximate surface area is 172 Å². The van der Waals surface area contributed by atoms with Crippen molar-refractivity contribution in [2.45, 2.75) is 4.90 Å². The van der Waals surface area contributed by atoms with Crippen LogP contribution in [0.1, 0.15) is 9.67 Å². The highest BCUT2D eigenvalue weighted by molar-refractivity contribution is 7.89. The van der Waals surface area contributed by atoms with E-state index in [4.69, 9.17) is 4.74 Å². The van der Waals surface area contributed by atoms with Gasteiger partial charge in [-0.1, -0.05) is 0 Å². The lowest BCUT2D eigenvalue weighted by molar-refractivity contribution is 0.0602. The number of sulfonamides is 1. The van der Waals surface area contributed by atoms with Crippen LogP contribution in [0.3, 0.4) is 0 Å². The molecule has 3 aromatic rings. The highest BCUT2D eigenvalue weighted by Gasteiger charge is 2.33. The second-order valence-electron chi connectivity index (χ2n) is 6.32. The molecule has 0 bridgehead atoms. The van der Waals surface area contributed by atoms with Crippen LogP contribution < -0.4 is 4.90 Å². The van der Waals surface area contributed by atoms with Crippen molar-refractivity contribution in [1.29, 1.82) is 0 Å². The van der Waals surface area contributed by atoms with Crippen LogP contribution in [0.25, 0.3) is 5.82 Å². The monoisotopic (exact) mass is 433 g/mol. The molecule has 0 atom stereocenters. The fourth-order valence-electron chi connectivity index (χ4n) is 3.18. The smallest absolute Gasteiger partial charge is 0.349 e. The van der Waals surface area contributed by atoms with Crippen molar-refractivity contribution in [3.8, 4) is 5.82 Å². The lowest BCUT2D eigenvalue weighted by atomic mass is 10.3. The van der Waals surface area contributed by atoms with E-state index in [2.05, 4.69) is 9.97 Å². The van der Waals surface area contributed by atoms with Gasteiger partial charge in [0.1, 0.15) is 27.7 Å². The number of thiophene rings is 1. The van der Waals surface area contributed by atoms with Crippen LogP contribution in [0.2, 0.25) is 0 Å². The lowest BCUT2D eigenvalue weighted by Gasteiger charge is -2.34. The molecular weight excluding hydrogens is 414 g/mol. The van der Waals surface area contributed by atoms with Gasteiger partial charge in [-0.25, -0.2) is 23.2 Å². The Kier molecular flexibility index (Phi) is 5.35. The summed E-state index contributed by atoms with van der Waals surface area (Å²) in [6.45, 7) is 1.56. The molecule has 0 aliphatic carbocycles. The number of aromatic nitrogens is 3. The third kappa shape index (κ3) is 3.76. The highest BCUT2D eigenvalue weighted by Crippen LogP contribution is 2.27. The fraction of sp³-hybridized carbons (Fsp3) is 0.278. The summed E-state index contributed by atoms with van der Waals surface area (Å²) in [5.74, 6) is 0.846. The minimum Gasteiger partial charge on any atom is -0.465 e. The van der Waals surface area contributed by atoms with Gasteiger partial charge in [-0.15, -0.1) is 11.3 Å². The van der Waals surface area contributed by atoms with Gasteiger partial charge in [0.05, 0.1) is 7.11 Å². The van der Waals surface area contributed by atoms with E-state index in [9.17, 15) is 13.2 Å². The minimum atomic E-state index is -3.77. The van der Waals surface area contributed by atoms with Crippen molar-refractivity contribution in [2.75, 3.05) is 38.2 Å². The number of carbonyl (C=O) groups excluding carboxylic acids is 1. The van der Waals surface area contributed by atoms with Gasteiger partial charge in [-0.3, -0.25) is 0 Å². The summed E-state index contributed by atoms with van der Waals surface area (Å²) in [7, 11) is -2.54. The Morgan fingerprint density at radius 3 is 2.48 bits per heavy atom. The van der Waals surface area contributed by atoms with E-state index >= 15 is 0 Å². The van der Waals surface area contributed by atoms with Crippen molar-refractivity contribution in [3.63, 3.8) is 0 Å². The molecule has 1 aliphatic rings. The summed E-state index contributed by atoms with van der Waals surface area (Å²) in [5, 5.41) is 1.58. The normalized spacial score (nSPS) is 15.4. The zero-order chi connectivity index (χ0) is 20.4. The zero-order valence-corrected chi connectivity index (χ0v) is 17.3. The summed E-state index contributed by atoms with van der Waals surface area (Å²) in [6.07, 6.45) is 5.30. The van der Waals surface area contributed by atoms with Crippen LogP contribution in [0.15, 0.2) is 53.3 Å². The Hall–Kier alpha value is -2.76. The molecule has 3 aromatic heterocycles. The summed E-state index contributed by atoms with van der Waals surface area (Å²) < 4.78 is 34.0. The van der Waals surface area contributed by atoms with Gasteiger partial charge in [-0.05, 0) is 23.6 Å². The van der Waals surface area contributed by atoms with Gasteiger partial charge in [0, 0.05) is 44.6 Å². The number of hydrogen-bond donors (Lipinski definition) is 0. The third-order valence-electron chi connectivity index (χ3n) is 4.69. The average molecular weight is 434 g/mol. The van der Waals surface area contributed by atoms with Gasteiger partial charge in [0.25, 0.3) is 0 Å². The Balaban J connectivity index is 1.49. The molecule has 0 amide bonds. The molecule has 0 spiro atoms. The summed E-state index contributed by atoms with van der Waals surface area (Å²) in [6, 6.07) is 7.15. The molecule has 152 valence electrons. The number of carbonyl (C=O) groups is 1. The van der Waals surface area contributed by atoms with Crippen molar-refractivity contribution >= 4 is 33.1 Å². The molecule has 0 unspecified atom stereocenters. The van der Waals surface area contributed by atoms with E-state index in [0.717, 1.165) is 23.0 Å². The van der Waals surface area contributed by atoms with Gasteiger partial charge in [-0.2, -0.15) is 4.31 Å². The van der Waals surface area contributed by atoms with Crippen molar-refractivity contribution in [3.05, 3.63) is 53.2 Å². The molecule has 0 radical (unpaired) electrons. The number of hydrogen-bond acceptors (Lipinski definition) is 8. The predicted molar refractivity (Wildman–Crippen MR) is 108 cm³/mol. The number of ether oxygens (including phenoxy) is 1. The number of esters is 1. The Morgan fingerprint density at radius 2 is 1.79 bits per heavy atom. The van der Waals surface area contributed by atoms with Crippen molar-refractivity contribution < 1.29 is 17.9 Å². The second-order valence-corrected chi connectivity index (χ2v) is 9.14. The summed E-state index contributed by atoms with van der Waals surface area (Å²) in [5.41, 5.74) is 0. The van der Waals surface area contributed by atoms with Gasteiger partial charge in [0.15, 0.2) is 0 Å². The first-order chi connectivity index (χ1) is 14.0. The third-order valence-corrected chi connectivity index (χ3v) is 7.65. The first-order valence-corrected chi connectivity index (χ1v) is 11.2. The molecule has 1 saturated heterocycles. The second kappa shape index (κ2) is 7.93. The molecule has 4 rings (SSSR count). The Morgan fingerprint density at radius 1 is 1.10 bits per heavy atom. The van der Waals surface area contributed by atoms with Crippen LogP contribution in [0.5, 0.6) is 0 Å². The molecule has 9 nitrogen and oxygen atoms in total. The van der Waals surface area contributed by atoms with E-state index in [0.29, 0.717) is 26.2 Å². The van der Waals surface area contributed by atoms with Crippen molar-refractivity contribution in [1.82, 2.24) is 18.8 Å². The maximum atomic E-state index is 13.0. The van der Waals surface area contributed by atoms with Crippen LogP contribution in [-0.2, 0) is 14.8 Å². The Bertz CT molecular complexity index is 1100. The lowest BCUT2D eigenvalue weighted by Crippen LogP contribution is -2.49. The highest BCUT2D eigenvalue weighted by atomic mass is 32.2. The molecule has 0 N–H and O–H groups in total. The van der Waals surface area contributed by atoms with Crippen LogP contribution in [-0.4, -0.2) is 66.5 Å². The van der Waals surface area contributed by atoms with E-state index in [1.165, 1.54) is 23.8 Å². The molecule has 4 heterocycles. The summed E-state index contributed by atoms with van der Waals surface area (Å²) in [4.78, 5) is 22.6. The minimum absolute atomic E-state index is 0.000250. The van der Waals surface area contributed by atoms with Gasteiger partial charge >= 0.3 is 5.97 Å². The molecular formula is C18H19N5O4S2. The van der Waals surface area contributed by atoms with Gasteiger partial charge < -0.3 is 14.2 Å². The maximum Gasteiger partial charge on any atom is 0.349 e. The zero-order valence-electron chi connectivity index (χ0n) is 15.6. The quantitative estimate of drug-likeness (QED) is 0.564. The molecule has 1 fully saturated rings. The summed E-state index contributed by atoms with van der Waals surface area (Å²) >= 11 is 1.06. The molecule has 11 heteroatoms. The van der Waals surface area contributed by atoms with Crippen LogP contribution in [0, 0.1) is 0 Å². The van der Waals surface area contributed by atoms with E-state index in [1.54, 1.807) is 5.38 Å². The fourth-order valence-corrected chi connectivity index (χ4v) is 5.91. The van der Waals surface area contributed by atoms with E-state index in [-0.39, 0.29) is 9.77 Å². The van der Waals surface area contributed by atoms with Crippen LogP contribution in [0.4, 0.5) is 5.82 Å². The number of methoxy groups -OCH3 is 1. The van der Waals surface area contributed by atoms with E-state index in [1.807, 2.05) is 40.1 Å². The first-order valence-electron chi connectivity index (χ1n) is 8.87. The molecule has 29 heavy (non-hydrogen) atoms. The molecule has 1 aliphatic heterocycles. The van der Waals surface area contributed by atoms with E-state index < -0.39 is 16.0 Å². The van der Waals surface area contributed by atoms with Gasteiger partial charge in [0.2, 0.25) is 10.0 Å².